The first-order valence-corrected chi connectivity index (χ1v) is 5.69. The number of rotatable bonds is 6. The summed E-state index contributed by atoms with van der Waals surface area (Å²) in [6.45, 7) is 9.48. The SMILES string of the molecule is CCN(CC)C(C)COc1ccccc1. The lowest BCUT2D eigenvalue weighted by molar-refractivity contribution is 0.158. The summed E-state index contributed by atoms with van der Waals surface area (Å²) in [5, 5.41) is 0. The molecule has 2 heteroatoms. The number of likely N-dealkylation sites (N-methyl/N-ethyl adjacent to an activating group) is 1. The lowest BCUT2D eigenvalue weighted by Crippen LogP contribution is -2.36. The van der Waals surface area contributed by atoms with Crippen molar-refractivity contribution in [1.82, 2.24) is 4.90 Å². The Labute approximate surface area is 92.9 Å². The van der Waals surface area contributed by atoms with Crippen molar-refractivity contribution in [3.05, 3.63) is 30.3 Å². The zero-order valence-electron chi connectivity index (χ0n) is 9.94. The van der Waals surface area contributed by atoms with Crippen LogP contribution in [-0.4, -0.2) is 30.6 Å². The number of hydrogen-bond donors (Lipinski definition) is 0. The second-order valence-corrected chi connectivity index (χ2v) is 3.69. The molecular weight excluding hydrogens is 186 g/mol. The normalized spacial score (nSPS) is 12.8. The summed E-state index contributed by atoms with van der Waals surface area (Å²) in [6.07, 6.45) is 0. The van der Waals surface area contributed by atoms with E-state index in [9.17, 15) is 0 Å². The molecule has 0 aliphatic heterocycles. The summed E-state index contributed by atoms with van der Waals surface area (Å²) in [6, 6.07) is 10.5. The van der Waals surface area contributed by atoms with Crippen LogP contribution < -0.4 is 4.74 Å². The Balaban J connectivity index is 2.36. The fourth-order valence-corrected chi connectivity index (χ4v) is 1.69. The molecule has 0 aliphatic carbocycles. The van der Waals surface area contributed by atoms with E-state index in [0.717, 1.165) is 25.4 Å². The number of para-hydroxylation sites is 1. The molecule has 0 aromatic heterocycles. The maximum atomic E-state index is 5.71. The Morgan fingerprint density at radius 2 is 1.73 bits per heavy atom. The highest BCUT2D eigenvalue weighted by Crippen LogP contribution is 2.09. The zero-order valence-corrected chi connectivity index (χ0v) is 9.94. The molecule has 0 amide bonds. The van der Waals surface area contributed by atoms with Gasteiger partial charge in [-0.05, 0) is 32.1 Å². The van der Waals surface area contributed by atoms with E-state index in [1.807, 2.05) is 30.3 Å². The van der Waals surface area contributed by atoms with Gasteiger partial charge in [-0.2, -0.15) is 0 Å². The number of nitrogens with zero attached hydrogens (tertiary/aromatic N) is 1. The van der Waals surface area contributed by atoms with E-state index in [4.69, 9.17) is 4.74 Å². The molecule has 2 nitrogen and oxygen atoms in total. The minimum absolute atomic E-state index is 0.472. The van der Waals surface area contributed by atoms with Crippen molar-refractivity contribution in [2.24, 2.45) is 0 Å². The zero-order chi connectivity index (χ0) is 11.1. The van der Waals surface area contributed by atoms with Crippen LogP contribution >= 0.6 is 0 Å². The van der Waals surface area contributed by atoms with Gasteiger partial charge in [-0.3, -0.25) is 4.90 Å². The Bertz CT molecular complexity index is 256. The van der Waals surface area contributed by atoms with E-state index >= 15 is 0 Å². The van der Waals surface area contributed by atoms with Crippen LogP contribution in [-0.2, 0) is 0 Å². The highest BCUT2D eigenvalue weighted by molar-refractivity contribution is 5.20. The van der Waals surface area contributed by atoms with Gasteiger partial charge in [0.05, 0.1) is 0 Å². The standard InChI is InChI=1S/C13H21NO/c1-4-14(5-2)12(3)11-15-13-9-7-6-8-10-13/h6-10,12H,4-5,11H2,1-3H3. The van der Waals surface area contributed by atoms with Crippen LogP contribution in [0.3, 0.4) is 0 Å². The number of hydrogen-bond acceptors (Lipinski definition) is 2. The van der Waals surface area contributed by atoms with Crippen molar-refractivity contribution < 1.29 is 4.74 Å². The summed E-state index contributed by atoms with van der Waals surface area (Å²) in [4.78, 5) is 2.39. The lowest BCUT2D eigenvalue weighted by atomic mass is 10.3. The Kier molecular flexibility index (Phi) is 5.19. The van der Waals surface area contributed by atoms with Crippen LogP contribution in [0.5, 0.6) is 5.75 Å². The van der Waals surface area contributed by atoms with Gasteiger partial charge in [-0.15, -0.1) is 0 Å². The highest BCUT2D eigenvalue weighted by Gasteiger charge is 2.09. The fourth-order valence-electron chi connectivity index (χ4n) is 1.69. The molecule has 15 heavy (non-hydrogen) atoms. The molecule has 0 spiro atoms. The topological polar surface area (TPSA) is 12.5 Å². The smallest absolute Gasteiger partial charge is 0.119 e. The van der Waals surface area contributed by atoms with E-state index in [-0.39, 0.29) is 0 Å². The molecule has 0 fully saturated rings. The minimum Gasteiger partial charge on any atom is -0.492 e. The average molecular weight is 207 g/mol. The fraction of sp³-hybridized carbons (Fsp3) is 0.538. The summed E-state index contributed by atoms with van der Waals surface area (Å²) >= 11 is 0. The van der Waals surface area contributed by atoms with Crippen LogP contribution in [0.15, 0.2) is 30.3 Å². The predicted octanol–water partition coefficient (Wildman–Crippen LogP) is 2.80. The predicted molar refractivity (Wildman–Crippen MR) is 64.3 cm³/mol. The van der Waals surface area contributed by atoms with E-state index in [2.05, 4.69) is 25.7 Å². The molecule has 1 atom stereocenters. The molecule has 1 rings (SSSR count). The van der Waals surface area contributed by atoms with Gasteiger partial charge in [-0.1, -0.05) is 32.0 Å². The first kappa shape index (κ1) is 12.1. The van der Waals surface area contributed by atoms with Crippen molar-refractivity contribution in [1.29, 1.82) is 0 Å². The van der Waals surface area contributed by atoms with Crippen LogP contribution in [0.25, 0.3) is 0 Å². The molecule has 0 saturated carbocycles. The van der Waals surface area contributed by atoms with Crippen LogP contribution in [0.4, 0.5) is 0 Å². The van der Waals surface area contributed by atoms with Crippen molar-refractivity contribution in [3.63, 3.8) is 0 Å². The highest BCUT2D eigenvalue weighted by atomic mass is 16.5. The largest absolute Gasteiger partial charge is 0.492 e. The Morgan fingerprint density at radius 1 is 1.13 bits per heavy atom. The van der Waals surface area contributed by atoms with Gasteiger partial charge in [0, 0.05) is 6.04 Å². The van der Waals surface area contributed by atoms with E-state index in [0.29, 0.717) is 6.04 Å². The van der Waals surface area contributed by atoms with E-state index in [1.54, 1.807) is 0 Å². The monoisotopic (exact) mass is 207 g/mol. The van der Waals surface area contributed by atoms with Gasteiger partial charge < -0.3 is 4.74 Å². The van der Waals surface area contributed by atoms with Crippen LogP contribution in [0, 0.1) is 0 Å². The van der Waals surface area contributed by atoms with Gasteiger partial charge in [0.2, 0.25) is 0 Å². The molecule has 0 saturated heterocycles. The number of ether oxygens (including phenoxy) is 1. The van der Waals surface area contributed by atoms with Crippen LogP contribution in [0.2, 0.25) is 0 Å². The maximum absolute atomic E-state index is 5.71. The second kappa shape index (κ2) is 6.46. The molecule has 1 aromatic rings. The molecule has 84 valence electrons. The average Bonchev–Trinajstić information content (AvgIpc) is 2.29. The van der Waals surface area contributed by atoms with Gasteiger partial charge in [0.1, 0.15) is 12.4 Å². The summed E-state index contributed by atoms with van der Waals surface area (Å²) in [7, 11) is 0. The van der Waals surface area contributed by atoms with E-state index < -0.39 is 0 Å². The molecular formula is C13H21NO. The maximum Gasteiger partial charge on any atom is 0.119 e. The van der Waals surface area contributed by atoms with Gasteiger partial charge in [-0.25, -0.2) is 0 Å². The summed E-state index contributed by atoms with van der Waals surface area (Å²) in [5.41, 5.74) is 0. The number of benzene rings is 1. The first-order chi connectivity index (χ1) is 7.27. The Hall–Kier alpha value is -1.02. The third-order valence-electron chi connectivity index (χ3n) is 2.67. The van der Waals surface area contributed by atoms with Gasteiger partial charge in [0.25, 0.3) is 0 Å². The van der Waals surface area contributed by atoms with Crippen molar-refractivity contribution in [2.75, 3.05) is 19.7 Å². The van der Waals surface area contributed by atoms with Crippen molar-refractivity contribution in [3.8, 4) is 5.75 Å². The molecule has 0 aliphatic rings. The molecule has 1 aromatic carbocycles. The van der Waals surface area contributed by atoms with Crippen LogP contribution in [0.1, 0.15) is 20.8 Å². The Morgan fingerprint density at radius 3 is 2.27 bits per heavy atom. The molecule has 0 N–H and O–H groups in total. The minimum atomic E-state index is 0.472. The first-order valence-electron chi connectivity index (χ1n) is 5.69. The molecule has 0 heterocycles. The summed E-state index contributed by atoms with van der Waals surface area (Å²) in [5.74, 6) is 0.955. The van der Waals surface area contributed by atoms with Gasteiger partial charge in [0.15, 0.2) is 0 Å². The third kappa shape index (κ3) is 3.92. The summed E-state index contributed by atoms with van der Waals surface area (Å²) < 4.78 is 5.71. The molecule has 0 radical (unpaired) electrons. The lowest BCUT2D eigenvalue weighted by Gasteiger charge is -2.26. The molecule has 0 bridgehead atoms. The quantitative estimate of drug-likeness (QED) is 0.711. The van der Waals surface area contributed by atoms with Gasteiger partial charge >= 0.3 is 0 Å². The van der Waals surface area contributed by atoms with Crippen molar-refractivity contribution in [2.45, 2.75) is 26.8 Å². The second-order valence-electron chi connectivity index (χ2n) is 3.69. The third-order valence-corrected chi connectivity index (χ3v) is 2.67. The van der Waals surface area contributed by atoms with E-state index in [1.165, 1.54) is 0 Å². The van der Waals surface area contributed by atoms with Crippen molar-refractivity contribution >= 4 is 0 Å². The molecule has 1 unspecified atom stereocenters.